The van der Waals surface area contributed by atoms with Crippen molar-refractivity contribution >= 4 is 11.7 Å². The molecule has 3 N–H and O–H groups in total. The molecule has 0 aliphatic carbocycles. The van der Waals surface area contributed by atoms with Crippen LogP contribution in [0.5, 0.6) is 5.75 Å². The van der Waals surface area contributed by atoms with E-state index in [1.165, 1.54) is 0 Å². The molecule has 116 valence electrons. The maximum Gasteiger partial charge on any atom is 0.253 e. The van der Waals surface area contributed by atoms with Gasteiger partial charge in [0.2, 0.25) is 0 Å². The van der Waals surface area contributed by atoms with Gasteiger partial charge in [0.05, 0.1) is 6.61 Å². The van der Waals surface area contributed by atoms with E-state index in [1.54, 1.807) is 37.1 Å². The molecule has 1 atom stereocenters. The second-order valence-corrected chi connectivity index (χ2v) is 4.99. The van der Waals surface area contributed by atoms with E-state index in [1.807, 2.05) is 13.0 Å². The number of carbonyl (C=O) groups excluding carboxylic acids is 1. The van der Waals surface area contributed by atoms with Crippen molar-refractivity contribution in [2.24, 2.45) is 16.8 Å². The average molecular weight is 293 g/mol. The summed E-state index contributed by atoms with van der Waals surface area (Å²) in [6.07, 6.45) is 0.912. The van der Waals surface area contributed by atoms with Gasteiger partial charge in [0.1, 0.15) is 11.6 Å². The van der Waals surface area contributed by atoms with Crippen molar-refractivity contribution in [1.29, 1.82) is 0 Å². The molecule has 0 aliphatic rings. The van der Waals surface area contributed by atoms with Crippen molar-refractivity contribution in [3.63, 3.8) is 0 Å². The normalized spacial score (nSPS) is 12.8. The highest BCUT2D eigenvalue weighted by Gasteiger charge is 2.17. The first kappa shape index (κ1) is 16.8. The van der Waals surface area contributed by atoms with Crippen molar-refractivity contribution < 1.29 is 14.7 Å². The Kier molecular flexibility index (Phi) is 6.52. The highest BCUT2D eigenvalue weighted by Crippen LogP contribution is 2.15. The van der Waals surface area contributed by atoms with Crippen LogP contribution in [0.2, 0.25) is 0 Å². The summed E-state index contributed by atoms with van der Waals surface area (Å²) in [5.74, 6) is 0.438. The Morgan fingerprint density at radius 1 is 1.52 bits per heavy atom. The fraction of sp³-hybridized carbons (Fsp3) is 0.467. The standard InChI is InChI=1S/C15H23N3O3/c1-4-8-21-13-7-5-6-12(9-13)15(19)18(3)10-11(2)14(16)17-20/h5-7,9,11,20H,4,8,10H2,1-3H3,(H2,16,17). The number of hydrogen-bond acceptors (Lipinski definition) is 4. The molecule has 1 unspecified atom stereocenters. The number of amides is 1. The van der Waals surface area contributed by atoms with Crippen LogP contribution in [-0.2, 0) is 0 Å². The zero-order chi connectivity index (χ0) is 15.8. The number of amidine groups is 1. The van der Waals surface area contributed by atoms with E-state index in [0.29, 0.717) is 24.5 Å². The van der Waals surface area contributed by atoms with Crippen LogP contribution in [0.4, 0.5) is 0 Å². The molecule has 0 spiro atoms. The van der Waals surface area contributed by atoms with Gasteiger partial charge in [0.15, 0.2) is 0 Å². The first-order valence-corrected chi connectivity index (χ1v) is 6.95. The summed E-state index contributed by atoms with van der Waals surface area (Å²) >= 11 is 0. The van der Waals surface area contributed by atoms with Gasteiger partial charge in [-0.2, -0.15) is 0 Å². The summed E-state index contributed by atoms with van der Waals surface area (Å²) in [7, 11) is 1.68. The maximum atomic E-state index is 12.3. The molecule has 0 saturated carbocycles. The third kappa shape index (κ3) is 4.98. The fourth-order valence-electron chi connectivity index (χ4n) is 1.85. The van der Waals surface area contributed by atoms with Gasteiger partial charge in [0.25, 0.3) is 5.91 Å². The number of nitrogens with zero attached hydrogens (tertiary/aromatic N) is 2. The first-order valence-electron chi connectivity index (χ1n) is 6.95. The fourth-order valence-corrected chi connectivity index (χ4v) is 1.85. The Bertz CT molecular complexity index is 503. The van der Waals surface area contributed by atoms with Gasteiger partial charge in [-0.15, -0.1) is 0 Å². The minimum absolute atomic E-state index is 0.106. The lowest BCUT2D eigenvalue weighted by atomic mass is 10.1. The van der Waals surface area contributed by atoms with Crippen molar-refractivity contribution in [2.45, 2.75) is 20.3 Å². The van der Waals surface area contributed by atoms with Crippen LogP contribution >= 0.6 is 0 Å². The van der Waals surface area contributed by atoms with Crippen molar-refractivity contribution in [1.82, 2.24) is 4.90 Å². The molecule has 1 rings (SSSR count). The molecule has 21 heavy (non-hydrogen) atoms. The zero-order valence-corrected chi connectivity index (χ0v) is 12.7. The van der Waals surface area contributed by atoms with Gasteiger partial charge < -0.3 is 20.6 Å². The van der Waals surface area contributed by atoms with Crippen LogP contribution in [0.1, 0.15) is 30.6 Å². The molecule has 1 aromatic carbocycles. The molecule has 0 radical (unpaired) electrons. The first-order chi connectivity index (χ1) is 9.99. The van der Waals surface area contributed by atoms with Gasteiger partial charge >= 0.3 is 0 Å². The van der Waals surface area contributed by atoms with E-state index >= 15 is 0 Å². The molecule has 0 heterocycles. The van der Waals surface area contributed by atoms with E-state index < -0.39 is 0 Å². The largest absolute Gasteiger partial charge is 0.494 e. The smallest absolute Gasteiger partial charge is 0.253 e. The molecule has 0 fully saturated rings. The van der Waals surface area contributed by atoms with Crippen LogP contribution in [-0.4, -0.2) is 42.0 Å². The van der Waals surface area contributed by atoms with Crippen molar-refractivity contribution in [3.8, 4) is 5.75 Å². The van der Waals surface area contributed by atoms with Crippen LogP contribution in [0.15, 0.2) is 29.4 Å². The number of rotatable bonds is 7. The summed E-state index contributed by atoms with van der Waals surface area (Å²) in [5.41, 5.74) is 6.08. The summed E-state index contributed by atoms with van der Waals surface area (Å²) in [6, 6.07) is 7.08. The number of hydrogen-bond donors (Lipinski definition) is 2. The Labute approximate surface area is 125 Å². The third-order valence-electron chi connectivity index (χ3n) is 3.07. The highest BCUT2D eigenvalue weighted by atomic mass is 16.5. The summed E-state index contributed by atoms with van der Waals surface area (Å²) in [6.45, 7) is 4.81. The summed E-state index contributed by atoms with van der Waals surface area (Å²) in [4.78, 5) is 13.9. The minimum atomic E-state index is -0.219. The zero-order valence-electron chi connectivity index (χ0n) is 12.7. The van der Waals surface area contributed by atoms with E-state index in [0.717, 1.165) is 6.42 Å². The van der Waals surface area contributed by atoms with Gasteiger partial charge in [-0.25, -0.2) is 0 Å². The Balaban J connectivity index is 2.73. The third-order valence-corrected chi connectivity index (χ3v) is 3.07. The predicted octanol–water partition coefficient (Wildman–Crippen LogP) is 1.93. The van der Waals surface area contributed by atoms with Crippen molar-refractivity contribution in [2.75, 3.05) is 20.2 Å². The lowest BCUT2D eigenvalue weighted by molar-refractivity contribution is 0.0785. The Morgan fingerprint density at radius 3 is 2.86 bits per heavy atom. The molecule has 6 heteroatoms. The minimum Gasteiger partial charge on any atom is -0.494 e. The van der Waals surface area contributed by atoms with E-state index in [-0.39, 0.29) is 17.7 Å². The SMILES string of the molecule is CCCOc1cccc(C(=O)N(C)CC(C)C(N)=NO)c1. The monoisotopic (exact) mass is 293 g/mol. The van der Waals surface area contributed by atoms with Crippen LogP contribution < -0.4 is 10.5 Å². The number of oxime groups is 1. The topological polar surface area (TPSA) is 88.2 Å². The number of carbonyl (C=O) groups is 1. The Morgan fingerprint density at radius 2 is 2.24 bits per heavy atom. The van der Waals surface area contributed by atoms with E-state index in [9.17, 15) is 4.79 Å². The van der Waals surface area contributed by atoms with Crippen LogP contribution in [0.3, 0.4) is 0 Å². The summed E-state index contributed by atoms with van der Waals surface area (Å²) in [5, 5.41) is 11.6. The lowest BCUT2D eigenvalue weighted by Crippen LogP contribution is -2.36. The molecular formula is C15H23N3O3. The van der Waals surface area contributed by atoms with E-state index in [4.69, 9.17) is 15.7 Å². The quantitative estimate of drug-likeness (QED) is 0.348. The predicted molar refractivity (Wildman–Crippen MR) is 81.8 cm³/mol. The second kappa shape index (κ2) is 8.14. The Hall–Kier alpha value is -2.24. The molecule has 1 aromatic rings. The van der Waals surface area contributed by atoms with Crippen LogP contribution in [0.25, 0.3) is 0 Å². The molecule has 0 saturated heterocycles. The molecule has 1 amide bonds. The molecule has 0 bridgehead atoms. The van der Waals surface area contributed by atoms with Crippen LogP contribution in [0, 0.1) is 5.92 Å². The number of nitrogens with two attached hydrogens (primary N) is 1. The maximum absolute atomic E-state index is 12.3. The summed E-state index contributed by atoms with van der Waals surface area (Å²) < 4.78 is 5.52. The number of ether oxygens (including phenoxy) is 1. The molecule has 0 aromatic heterocycles. The van der Waals surface area contributed by atoms with Crippen molar-refractivity contribution in [3.05, 3.63) is 29.8 Å². The van der Waals surface area contributed by atoms with Gasteiger partial charge in [-0.3, -0.25) is 4.79 Å². The highest BCUT2D eigenvalue weighted by molar-refractivity contribution is 5.94. The van der Waals surface area contributed by atoms with Gasteiger partial charge in [0, 0.05) is 25.1 Å². The number of benzene rings is 1. The molecule has 0 aliphatic heterocycles. The average Bonchev–Trinajstić information content (AvgIpc) is 2.51. The lowest BCUT2D eigenvalue weighted by Gasteiger charge is -2.21. The molecule has 6 nitrogen and oxygen atoms in total. The second-order valence-electron chi connectivity index (χ2n) is 4.99. The molecular weight excluding hydrogens is 270 g/mol. The van der Waals surface area contributed by atoms with Gasteiger partial charge in [-0.1, -0.05) is 25.1 Å². The van der Waals surface area contributed by atoms with E-state index in [2.05, 4.69) is 5.16 Å². The van der Waals surface area contributed by atoms with Gasteiger partial charge in [-0.05, 0) is 24.6 Å².